The Morgan fingerprint density at radius 1 is 1.50 bits per heavy atom. The van der Waals surface area contributed by atoms with Crippen LogP contribution in [0.5, 0.6) is 0 Å². The Morgan fingerprint density at radius 3 is 2.43 bits per heavy atom. The van der Waals surface area contributed by atoms with Crippen molar-refractivity contribution in [1.29, 1.82) is 0 Å². The SMILES string of the molecule is CCC(=CCOCC(F)(F)F)C(=O)O. The molecular formula is C8H11F3O3. The van der Waals surface area contributed by atoms with Gasteiger partial charge in [0.05, 0.1) is 6.61 Å². The second-order valence-electron chi connectivity index (χ2n) is 2.52. The second-order valence-corrected chi connectivity index (χ2v) is 2.52. The first kappa shape index (κ1) is 13.0. The fourth-order valence-corrected chi connectivity index (χ4v) is 0.717. The summed E-state index contributed by atoms with van der Waals surface area (Å²) in [5, 5.41) is 8.49. The van der Waals surface area contributed by atoms with Crippen LogP contribution in [0.15, 0.2) is 11.6 Å². The van der Waals surface area contributed by atoms with Crippen LogP contribution >= 0.6 is 0 Å². The van der Waals surface area contributed by atoms with Crippen LogP contribution in [0.4, 0.5) is 13.2 Å². The third kappa shape index (κ3) is 6.47. The molecular weight excluding hydrogens is 201 g/mol. The molecule has 3 nitrogen and oxygen atoms in total. The number of rotatable bonds is 5. The largest absolute Gasteiger partial charge is 0.478 e. The van der Waals surface area contributed by atoms with Gasteiger partial charge in [-0.1, -0.05) is 6.92 Å². The van der Waals surface area contributed by atoms with Gasteiger partial charge in [-0.3, -0.25) is 0 Å². The van der Waals surface area contributed by atoms with Gasteiger partial charge >= 0.3 is 12.1 Å². The molecule has 0 spiro atoms. The Hall–Kier alpha value is -1.04. The molecule has 0 aromatic heterocycles. The summed E-state index contributed by atoms with van der Waals surface area (Å²) >= 11 is 0. The first-order chi connectivity index (χ1) is 6.37. The van der Waals surface area contributed by atoms with Crippen LogP contribution in [0.1, 0.15) is 13.3 Å². The molecule has 0 aliphatic carbocycles. The molecule has 0 fully saturated rings. The fraction of sp³-hybridized carbons (Fsp3) is 0.625. The first-order valence-corrected chi connectivity index (χ1v) is 3.93. The standard InChI is InChI=1S/C8H11F3O3/c1-2-6(7(12)13)3-4-14-5-8(9,10)11/h3H,2,4-5H2,1H3,(H,12,13). The highest BCUT2D eigenvalue weighted by atomic mass is 19.4. The molecule has 0 aliphatic heterocycles. The van der Waals surface area contributed by atoms with Gasteiger partial charge in [0.25, 0.3) is 0 Å². The Labute approximate surface area is 79.2 Å². The lowest BCUT2D eigenvalue weighted by Gasteiger charge is -2.05. The van der Waals surface area contributed by atoms with Gasteiger partial charge in [0.1, 0.15) is 6.61 Å². The van der Waals surface area contributed by atoms with E-state index < -0.39 is 18.8 Å². The summed E-state index contributed by atoms with van der Waals surface area (Å²) in [6, 6.07) is 0. The second kappa shape index (κ2) is 5.64. The average molecular weight is 212 g/mol. The van der Waals surface area contributed by atoms with Crippen LogP contribution in [0.2, 0.25) is 0 Å². The van der Waals surface area contributed by atoms with Crippen molar-refractivity contribution in [2.45, 2.75) is 19.5 Å². The molecule has 1 N–H and O–H groups in total. The van der Waals surface area contributed by atoms with Gasteiger partial charge in [0.15, 0.2) is 0 Å². The quantitative estimate of drug-likeness (QED) is 0.560. The van der Waals surface area contributed by atoms with E-state index in [0.29, 0.717) is 0 Å². The number of carboxylic acid groups (broad SMARTS) is 1. The maximum Gasteiger partial charge on any atom is 0.411 e. The van der Waals surface area contributed by atoms with Crippen molar-refractivity contribution in [3.8, 4) is 0 Å². The smallest absolute Gasteiger partial charge is 0.411 e. The van der Waals surface area contributed by atoms with Gasteiger partial charge < -0.3 is 9.84 Å². The van der Waals surface area contributed by atoms with Crippen molar-refractivity contribution in [3.05, 3.63) is 11.6 Å². The Morgan fingerprint density at radius 2 is 2.07 bits per heavy atom. The highest BCUT2D eigenvalue weighted by Gasteiger charge is 2.27. The zero-order chi connectivity index (χ0) is 11.2. The predicted octanol–water partition coefficient (Wildman–Crippen LogP) is 1.99. The normalized spacial score (nSPS) is 13.0. The number of aliphatic carboxylic acids is 1. The van der Waals surface area contributed by atoms with Crippen molar-refractivity contribution in [3.63, 3.8) is 0 Å². The number of halogens is 3. The third-order valence-electron chi connectivity index (χ3n) is 1.37. The van der Waals surface area contributed by atoms with E-state index in [-0.39, 0.29) is 18.6 Å². The molecule has 0 saturated carbocycles. The van der Waals surface area contributed by atoms with E-state index in [2.05, 4.69) is 4.74 Å². The number of carboxylic acids is 1. The molecule has 0 aromatic rings. The number of ether oxygens (including phenoxy) is 1. The monoisotopic (exact) mass is 212 g/mol. The Kier molecular flexibility index (Phi) is 5.22. The predicted molar refractivity (Wildman–Crippen MR) is 42.9 cm³/mol. The van der Waals surface area contributed by atoms with Gasteiger partial charge in [-0.15, -0.1) is 0 Å². The summed E-state index contributed by atoms with van der Waals surface area (Å²) < 4.78 is 38.9. The summed E-state index contributed by atoms with van der Waals surface area (Å²) in [7, 11) is 0. The highest BCUT2D eigenvalue weighted by Crippen LogP contribution is 2.14. The van der Waals surface area contributed by atoms with Crippen molar-refractivity contribution in [2.24, 2.45) is 0 Å². The number of carbonyl (C=O) groups is 1. The molecule has 0 atom stereocenters. The maximum atomic E-state index is 11.6. The van der Waals surface area contributed by atoms with E-state index >= 15 is 0 Å². The molecule has 0 rings (SSSR count). The molecule has 0 heterocycles. The van der Waals surface area contributed by atoms with E-state index in [9.17, 15) is 18.0 Å². The molecule has 0 unspecified atom stereocenters. The molecule has 14 heavy (non-hydrogen) atoms. The van der Waals surface area contributed by atoms with Crippen molar-refractivity contribution in [1.82, 2.24) is 0 Å². The van der Waals surface area contributed by atoms with Crippen molar-refractivity contribution >= 4 is 5.97 Å². The molecule has 82 valence electrons. The van der Waals surface area contributed by atoms with Crippen LogP contribution < -0.4 is 0 Å². The molecule has 0 amide bonds. The van der Waals surface area contributed by atoms with E-state index in [1.165, 1.54) is 0 Å². The van der Waals surface area contributed by atoms with Crippen LogP contribution in [0.25, 0.3) is 0 Å². The summed E-state index contributed by atoms with van der Waals surface area (Å²) in [6.45, 7) is -0.0984. The summed E-state index contributed by atoms with van der Waals surface area (Å²) in [5.41, 5.74) is 0.0483. The Balaban J connectivity index is 3.86. The van der Waals surface area contributed by atoms with Gasteiger partial charge in [0.2, 0.25) is 0 Å². The molecule has 6 heteroatoms. The first-order valence-electron chi connectivity index (χ1n) is 3.93. The van der Waals surface area contributed by atoms with Gasteiger partial charge in [-0.25, -0.2) is 4.79 Å². The average Bonchev–Trinajstić information content (AvgIpc) is 2.01. The molecule has 0 saturated heterocycles. The highest BCUT2D eigenvalue weighted by molar-refractivity contribution is 5.86. The van der Waals surface area contributed by atoms with Crippen LogP contribution in [-0.4, -0.2) is 30.5 Å². The molecule has 0 radical (unpaired) electrons. The number of alkyl halides is 3. The zero-order valence-electron chi connectivity index (χ0n) is 7.60. The van der Waals surface area contributed by atoms with E-state index in [1.54, 1.807) is 6.92 Å². The molecule has 0 aliphatic rings. The molecule has 0 bridgehead atoms. The topological polar surface area (TPSA) is 46.5 Å². The van der Waals surface area contributed by atoms with E-state index in [0.717, 1.165) is 6.08 Å². The number of hydrogen-bond acceptors (Lipinski definition) is 2. The fourth-order valence-electron chi connectivity index (χ4n) is 0.717. The molecule has 0 aromatic carbocycles. The van der Waals surface area contributed by atoms with Crippen LogP contribution in [0.3, 0.4) is 0 Å². The number of hydrogen-bond donors (Lipinski definition) is 1. The van der Waals surface area contributed by atoms with Gasteiger partial charge in [-0.2, -0.15) is 13.2 Å². The summed E-state index contributed by atoms with van der Waals surface area (Å²) in [6.07, 6.45) is -2.98. The van der Waals surface area contributed by atoms with Crippen LogP contribution in [-0.2, 0) is 9.53 Å². The Bertz CT molecular complexity index is 220. The lowest BCUT2D eigenvalue weighted by Crippen LogP contribution is -2.17. The minimum absolute atomic E-state index is 0.0483. The maximum absolute atomic E-state index is 11.6. The van der Waals surface area contributed by atoms with Crippen LogP contribution in [0, 0.1) is 0 Å². The van der Waals surface area contributed by atoms with Crippen molar-refractivity contribution < 1.29 is 27.8 Å². The van der Waals surface area contributed by atoms with Crippen molar-refractivity contribution in [2.75, 3.05) is 13.2 Å². The van der Waals surface area contributed by atoms with Gasteiger partial charge in [0, 0.05) is 5.57 Å². The minimum Gasteiger partial charge on any atom is -0.478 e. The zero-order valence-corrected chi connectivity index (χ0v) is 7.60. The summed E-state index contributed by atoms with van der Waals surface area (Å²) in [4.78, 5) is 10.4. The van der Waals surface area contributed by atoms with E-state index in [1.807, 2.05) is 0 Å². The lowest BCUT2D eigenvalue weighted by atomic mass is 10.2. The lowest BCUT2D eigenvalue weighted by molar-refractivity contribution is -0.171. The third-order valence-corrected chi connectivity index (χ3v) is 1.37. The van der Waals surface area contributed by atoms with Gasteiger partial charge in [-0.05, 0) is 12.5 Å². The minimum atomic E-state index is -4.37. The summed E-state index contributed by atoms with van der Waals surface area (Å²) in [5.74, 6) is -1.14. The van der Waals surface area contributed by atoms with E-state index in [4.69, 9.17) is 5.11 Å².